The topological polar surface area (TPSA) is 24.1 Å². The van der Waals surface area contributed by atoms with Crippen LogP contribution in [0.5, 0.6) is 0 Å². The molecule has 0 radical (unpaired) electrons. The maximum absolute atomic E-state index is 3.92. The lowest BCUT2D eigenvalue weighted by atomic mass is 9.63. The number of rotatable bonds is 21. The molecule has 0 saturated heterocycles. The van der Waals surface area contributed by atoms with Crippen molar-refractivity contribution in [3.05, 3.63) is 147 Å². The van der Waals surface area contributed by atoms with Crippen LogP contribution in [0.1, 0.15) is 171 Å². The maximum Gasteiger partial charge on any atom is 0.0384 e. The smallest absolute Gasteiger partial charge is 0.0384 e. The lowest BCUT2D eigenvalue weighted by Crippen LogP contribution is -2.29. The van der Waals surface area contributed by atoms with E-state index in [9.17, 15) is 0 Å². The Morgan fingerprint density at radius 2 is 1.33 bits per heavy atom. The number of unbranched alkanes of at least 4 members (excludes halogenated alkanes) is 10. The molecule has 0 fully saturated rings. The van der Waals surface area contributed by atoms with Crippen molar-refractivity contribution in [3.8, 4) is 0 Å². The average molecular weight is 761 g/mol. The van der Waals surface area contributed by atoms with Gasteiger partial charge in [0.05, 0.1) is 0 Å². The highest BCUT2D eigenvalue weighted by atomic mass is 14.9. The molecular formula is C55H72N2. The Kier molecular flexibility index (Phi) is 15.2. The normalized spacial score (nSPS) is 20.5. The summed E-state index contributed by atoms with van der Waals surface area (Å²) >= 11 is 0. The summed E-state index contributed by atoms with van der Waals surface area (Å²) in [6.45, 7) is 7.26. The minimum atomic E-state index is 0.555. The lowest BCUT2D eigenvalue weighted by Gasteiger charge is -2.42. The van der Waals surface area contributed by atoms with Gasteiger partial charge < -0.3 is 10.6 Å². The minimum absolute atomic E-state index is 0.555. The van der Waals surface area contributed by atoms with Crippen molar-refractivity contribution < 1.29 is 0 Å². The van der Waals surface area contributed by atoms with Crippen molar-refractivity contribution in [1.82, 2.24) is 5.32 Å². The Morgan fingerprint density at radius 1 is 0.614 bits per heavy atom. The van der Waals surface area contributed by atoms with Crippen molar-refractivity contribution in [2.45, 2.75) is 162 Å². The summed E-state index contributed by atoms with van der Waals surface area (Å²) in [5.74, 6) is 1.81. The van der Waals surface area contributed by atoms with E-state index in [2.05, 4.69) is 129 Å². The van der Waals surface area contributed by atoms with E-state index < -0.39 is 0 Å². The Bertz CT molecular complexity index is 1900. The summed E-state index contributed by atoms with van der Waals surface area (Å²) < 4.78 is 0. The van der Waals surface area contributed by atoms with Crippen molar-refractivity contribution in [2.24, 2.45) is 11.8 Å². The molecule has 7 rings (SSSR count). The van der Waals surface area contributed by atoms with Crippen molar-refractivity contribution in [3.63, 3.8) is 0 Å². The Hall–Kier alpha value is -4.04. The first-order valence-electron chi connectivity index (χ1n) is 23.4. The molecule has 302 valence electrons. The van der Waals surface area contributed by atoms with Crippen LogP contribution in [0.4, 0.5) is 11.4 Å². The Morgan fingerprint density at radius 3 is 2.04 bits per heavy atom. The number of nitrogens with one attached hydrogen (secondary N) is 2. The van der Waals surface area contributed by atoms with Gasteiger partial charge in [-0.1, -0.05) is 158 Å². The molecule has 0 aromatic heterocycles. The molecule has 0 spiro atoms. The first kappa shape index (κ1) is 41.1. The van der Waals surface area contributed by atoms with E-state index in [1.165, 1.54) is 137 Å². The van der Waals surface area contributed by atoms with Crippen LogP contribution in [0, 0.1) is 11.8 Å². The van der Waals surface area contributed by atoms with Crippen LogP contribution in [0.2, 0.25) is 0 Å². The molecule has 4 aliphatic carbocycles. The molecule has 0 amide bonds. The summed E-state index contributed by atoms with van der Waals surface area (Å²) in [4.78, 5) is 0. The van der Waals surface area contributed by atoms with Crippen LogP contribution < -0.4 is 10.6 Å². The molecule has 3 aromatic carbocycles. The summed E-state index contributed by atoms with van der Waals surface area (Å²) in [5.41, 5.74) is 17.6. The zero-order chi connectivity index (χ0) is 39.2. The van der Waals surface area contributed by atoms with Crippen LogP contribution in [-0.2, 0) is 12.8 Å². The molecule has 0 aliphatic heterocycles. The van der Waals surface area contributed by atoms with E-state index >= 15 is 0 Å². The second-order valence-corrected chi connectivity index (χ2v) is 17.8. The van der Waals surface area contributed by atoms with E-state index in [4.69, 9.17) is 0 Å². The molecule has 3 atom stereocenters. The van der Waals surface area contributed by atoms with E-state index in [0.717, 1.165) is 31.4 Å². The van der Waals surface area contributed by atoms with E-state index in [1.54, 1.807) is 33.4 Å². The molecule has 2 unspecified atom stereocenters. The first-order chi connectivity index (χ1) is 28.1. The molecule has 0 heterocycles. The van der Waals surface area contributed by atoms with Gasteiger partial charge >= 0.3 is 0 Å². The van der Waals surface area contributed by atoms with Crippen LogP contribution in [0.15, 0.2) is 125 Å². The number of para-hydroxylation sites is 1. The predicted molar refractivity (Wildman–Crippen MR) is 247 cm³/mol. The monoisotopic (exact) mass is 761 g/mol. The summed E-state index contributed by atoms with van der Waals surface area (Å²) in [7, 11) is 0. The third kappa shape index (κ3) is 11.1. The zero-order valence-corrected chi connectivity index (χ0v) is 35.8. The van der Waals surface area contributed by atoms with Gasteiger partial charge in [-0.15, -0.1) is 0 Å². The van der Waals surface area contributed by atoms with E-state index in [0.29, 0.717) is 17.8 Å². The lowest BCUT2D eigenvalue weighted by molar-refractivity contribution is 0.293. The third-order valence-electron chi connectivity index (χ3n) is 13.7. The van der Waals surface area contributed by atoms with Gasteiger partial charge in [0.2, 0.25) is 0 Å². The van der Waals surface area contributed by atoms with Crippen LogP contribution >= 0.6 is 0 Å². The van der Waals surface area contributed by atoms with Gasteiger partial charge in [-0.25, -0.2) is 0 Å². The van der Waals surface area contributed by atoms with Crippen LogP contribution in [-0.4, -0.2) is 0 Å². The molecule has 2 N–H and O–H groups in total. The number of benzene rings is 3. The fourth-order valence-electron chi connectivity index (χ4n) is 10.3. The molecule has 0 saturated carbocycles. The zero-order valence-electron chi connectivity index (χ0n) is 35.8. The average Bonchev–Trinajstić information content (AvgIpc) is 3.23. The van der Waals surface area contributed by atoms with Crippen LogP contribution in [0.3, 0.4) is 0 Å². The second kappa shape index (κ2) is 21.1. The fourth-order valence-corrected chi connectivity index (χ4v) is 10.3. The van der Waals surface area contributed by atoms with Crippen molar-refractivity contribution >= 4 is 16.9 Å². The molecule has 57 heavy (non-hydrogen) atoms. The summed E-state index contributed by atoms with van der Waals surface area (Å²) in [6, 6.07) is 27.3. The molecule has 2 heteroatoms. The molecule has 2 nitrogen and oxygen atoms in total. The molecular weight excluding hydrogens is 689 g/mol. The van der Waals surface area contributed by atoms with E-state index in [-0.39, 0.29) is 0 Å². The molecule has 0 bridgehead atoms. The van der Waals surface area contributed by atoms with Gasteiger partial charge in [-0.3, -0.25) is 0 Å². The number of fused-ring (bicyclic) bond motifs is 1. The number of aryl methyl sites for hydroxylation is 2. The maximum atomic E-state index is 3.92. The Labute approximate surface area is 347 Å². The largest absolute Gasteiger partial charge is 0.362 e. The number of hydrogen-bond acceptors (Lipinski definition) is 2. The van der Waals surface area contributed by atoms with Gasteiger partial charge in [0.25, 0.3) is 0 Å². The summed E-state index contributed by atoms with van der Waals surface area (Å²) in [5, 5.41) is 7.55. The van der Waals surface area contributed by atoms with E-state index in [1.807, 2.05) is 0 Å². The molecule has 3 aromatic rings. The highest BCUT2D eigenvalue weighted by molar-refractivity contribution is 5.76. The van der Waals surface area contributed by atoms with Gasteiger partial charge in [-0.05, 0) is 157 Å². The third-order valence-corrected chi connectivity index (χ3v) is 13.7. The Balaban J connectivity index is 1.12. The minimum Gasteiger partial charge on any atom is -0.362 e. The van der Waals surface area contributed by atoms with Gasteiger partial charge in [0, 0.05) is 22.8 Å². The SMILES string of the molecule is CCCCCCCCC1=C(C2=CC=C(NC3=CC(c4ccc5c(c4)CC5)=CCC3)CC2)CC(CCCCCCCC)C(c2ccc(Nc3ccccc3)cc2)[C@@H]1C. The first-order valence-corrected chi connectivity index (χ1v) is 23.4. The number of hydrogen-bond donors (Lipinski definition) is 2. The quantitative estimate of drug-likeness (QED) is 0.106. The standard InChI is InChI=1S/C55H72N2/c1-4-6-8-10-12-15-20-48-40-54(43-30-34-51(35-31-43)57-52-24-19-21-45(39-52)47-29-27-42-26-28-46(42)38-47)53(25-18-13-11-9-7-5-2)41(3)55(48)44-32-36-50(37-33-44)56-49-22-16-14-17-23-49/h14,16-17,21-23,27,29-30,32-34,36-39,41,48,55-57H,4-13,15,18-20,24-26,28,31,35,40H2,1-3H3/t41-,48?,55?/m1/s1. The fraction of sp³-hybridized carbons (Fsp3) is 0.491. The molecule has 4 aliphatic rings. The highest BCUT2D eigenvalue weighted by Gasteiger charge is 2.37. The van der Waals surface area contributed by atoms with Crippen LogP contribution in [0.25, 0.3) is 5.57 Å². The van der Waals surface area contributed by atoms with Gasteiger partial charge in [-0.2, -0.15) is 0 Å². The number of anilines is 2. The van der Waals surface area contributed by atoms with Crippen molar-refractivity contribution in [2.75, 3.05) is 5.32 Å². The number of allylic oxidation sites excluding steroid dienone is 10. The van der Waals surface area contributed by atoms with Gasteiger partial charge in [0.15, 0.2) is 0 Å². The summed E-state index contributed by atoms with van der Waals surface area (Å²) in [6.07, 6.45) is 37.0. The van der Waals surface area contributed by atoms with Gasteiger partial charge in [0.1, 0.15) is 0 Å². The predicted octanol–water partition coefficient (Wildman–Crippen LogP) is 16.0. The highest BCUT2D eigenvalue weighted by Crippen LogP contribution is 2.51. The second-order valence-electron chi connectivity index (χ2n) is 17.8. The van der Waals surface area contributed by atoms with Crippen molar-refractivity contribution in [1.29, 1.82) is 0 Å².